The largest absolute Gasteiger partial charge is 0.480 e. The summed E-state index contributed by atoms with van der Waals surface area (Å²) in [6.07, 6.45) is 0. The molecule has 20 heavy (non-hydrogen) atoms. The molecule has 0 bridgehead atoms. The SMILES string of the molecule is CCN(CC(=O)NC)C(=O)N1CC(=O)NCC1C(=O)O. The van der Waals surface area contributed by atoms with E-state index in [0.717, 1.165) is 4.90 Å². The van der Waals surface area contributed by atoms with Crippen molar-refractivity contribution in [3.63, 3.8) is 0 Å². The predicted molar refractivity (Wildman–Crippen MR) is 67.8 cm³/mol. The average Bonchev–Trinajstić information content (AvgIpc) is 2.43. The maximum atomic E-state index is 12.3. The Morgan fingerprint density at radius 2 is 2.15 bits per heavy atom. The number of urea groups is 1. The summed E-state index contributed by atoms with van der Waals surface area (Å²) in [7, 11) is 1.44. The molecule has 0 radical (unpaired) electrons. The van der Waals surface area contributed by atoms with Crippen molar-refractivity contribution in [2.45, 2.75) is 13.0 Å². The van der Waals surface area contributed by atoms with Crippen molar-refractivity contribution in [1.29, 1.82) is 0 Å². The molecule has 112 valence electrons. The van der Waals surface area contributed by atoms with Crippen molar-refractivity contribution in [3.8, 4) is 0 Å². The number of nitrogens with one attached hydrogen (secondary N) is 2. The molecule has 9 nitrogen and oxygen atoms in total. The van der Waals surface area contributed by atoms with Crippen molar-refractivity contribution in [2.75, 3.05) is 33.2 Å². The van der Waals surface area contributed by atoms with Crippen molar-refractivity contribution in [2.24, 2.45) is 0 Å². The Bertz CT molecular complexity index is 425. The fourth-order valence-electron chi connectivity index (χ4n) is 1.81. The van der Waals surface area contributed by atoms with E-state index in [1.165, 1.54) is 11.9 Å². The fourth-order valence-corrected chi connectivity index (χ4v) is 1.81. The number of aliphatic carboxylic acids is 1. The summed E-state index contributed by atoms with van der Waals surface area (Å²) < 4.78 is 0. The Morgan fingerprint density at radius 1 is 1.50 bits per heavy atom. The lowest BCUT2D eigenvalue weighted by molar-refractivity contribution is -0.144. The van der Waals surface area contributed by atoms with Crippen LogP contribution in [0.1, 0.15) is 6.92 Å². The summed E-state index contributed by atoms with van der Waals surface area (Å²) >= 11 is 0. The van der Waals surface area contributed by atoms with Crippen LogP contribution in [0.15, 0.2) is 0 Å². The Hall–Kier alpha value is -2.32. The molecule has 0 spiro atoms. The molecule has 0 aliphatic carbocycles. The van der Waals surface area contributed by atoms with Crippen molar-refractivity contribution >= 4 is 23.8 Å². The van der Waals surface area contributed by atoms with Crippen LogP contribution >= 0.6 is 0 Å². The number of hydrogen-bond acceptors (Lipinski definition) is 4. The molecule has 1 aliphatic heterocycles. The zero-order valence-electron chi connectivity index (χ0n) is 11.4. The Balaban J connectivity index is 2.86. The highest BCUT2D eigenvalue weighted by molar-refractivity contribution is 5.92. The third-order valence-corrected chi connectivity index (χ3v) is 2.98. The normalized spacial score (nSPS) is 18.2. The van der Waals surface area contributed by atoms with E-state index in [-0.39, 0.29) is 32.1 Å². The second-order valence-electron chi connectivity index (χ2n) is 4.26. The number of carbonyl (C=O) groups excluding carboxylic acids is 3. The lowest BCUT2D eigenvalue weighted by atomic mass is 10.2. The van der Waals surface area contributed by atoms with Crippen molar-refractivity contribution < 1.29 is 24.3 Å². The van der Waals surface area contributed by atoms with Gasteiger partial charge in [0.05, 0.1) is 0 Å². The molecule has 1 saturated heterocycles. The summed E-state index contributed by atoms with van der Waals surface area (Å²) in [5, 5.41) is 13.9. The van der Waals surface area contributed by atoms with Crippen LogP contribution < -0.4 is 10.6 Å². The first-order valence-electron chi connectivity index (χ1n) is 6.16. The third-order valence-electron chi connectivity index (χ3n) is 2.98. The topological polar surface area (TPSA) is 119 Å². The van der Waals surface area contributed by atoms with Crippen LogP contribution in [-0.4, -0.2) is 78.0 Å². The lowest BCUT2D eigenvalue weighted by Gasteiger charge is -2.36. The molecule has 0 aromatic rings. The van der Waals surface area contributed by atoms with Gasteiger partial charge in [-0.1, -0.05) is 0 Å². The smallest absolute Gasteiger partial charge is 0.328 e. The Morgan fingerprint density at radius 3 is 2.65 bits per heavy atom. The Kier molecular flexibility index (Phi) is 5.30. The van der Waals surface area contributed by atoms with Crippen molar-refractivity contribution in [1.82, 2.24) is 20.4 Å². The molecule has 4 amide bonds. The van der Waals surface area contributed by atoms with E-state index in [1.807, 2.05) is 0 Å². The van der Waals surface area contributed by atoms with E-state index in [4.69, 9.17) is 5.11 Å². The number of rotatable bonds is 4. The predicted octanol–water partition coefficient (Wildman–Crippen LogP) is -1.94. The molecule has 0 aromatic carbocycles. The highest BCUT2D eigenvalue weighted by Crippen LogP contribution is 2.09. The minimum Gasteiger partial charge on any atom is -0.480 e. The number of carboxylic acids is 1. The molecule has 9 heteroatoms. The van der Waals surface area contributed by atoms with Gasteiger partial charge in [-0.05, 0) is 6.92 Å². The molecule has 1 atom stereocenters. The molecule has 0 aromatic heterocycles. The minimum atomic E-state index is -1.20. The third kappa shape index (κ3) is 3.59. The van der Waals surface area contributed by atoms with Crippen LogP contribution in [0.3, 0.4) is 0 Å². The zero-order chi connectivity index (χ0) is 15.3. The van der Waals surface area contributed by atoms with Crippen LogP contribution in [0.2, 0.25) is 0 Å². The van der Waals surface area contributed by atoms with Crippen LogP contribution in [0.25, 0.3) is 0 Å². The van der Waals surface area contributed by atoms with Gasteiger partial charge in [-0.3, -0.25) is 14.5 Å². The van der Waals surface area contributed by atoms with Crippen LogP contribution in [0, 0.1) is 0 Å². The maximum Gasteiger partial charge on any atom is 0.328 e. The van der Waals surface area contributed by atoms with Gasteiger partial charge in [-0.25, -0.2) is 9.59 Å². The highest BCUT2D eigenvalue weighted by atomic mass is 16.4. The highest BCUT2D eigenvalue weighted by Gasteiger charge is 2.37. The maximum absolute atomic E-state index is 12.3. The molecule has 0 saturated carbocycles. The molecular weight excluding hydrogens is 268 g/mol. The van der Waals surface area contributed by atoms with E-state index in [1.54, 1.807) is 6.92 Å². The standard InChI is InChI=1S/C11H18N4O5/c1-3-14(5-8(16)12-2)11(20)15-6-9(17)13-4-7(15)10(18)19/h7H,3-6H2,1-2H3,(H,12,16)(H,13,17)(H,18,19). The molecule has 3 N–H and O–H groups in total. The second-order valence-corrected chi connectivity index (χ2v) is 4.26. The molecule has 1 rings (SSSR count). The van der Waals surface area contributed by atoms with Gasteiger partial charge in [0, 0.05) is 20.1 Å². The second kappa shape index (κ2) is 6.73. The lowest BCUT2D eigenvalue weighted by Crippen LogP contribution is -2.62. The van der Waals surface area contributed by atoms with E-state index in [9.17, 15) is 19.2 Å². The van der Waals surface area contributed by atoms with E-state index in [0.29, 0.717) is 0 Å². The van der Waals surface area contributed by atoms with Gasteiger partial charge in [-0.15, -0.1) is 0 Å². The number of nitrogens with zero attached hydrogens (tertiary/aromatic N) is 2. The van der Waals surface area contributed by atoms with Crippen LogP contribution in [0.5, 0.6) is 0 Å². The van der Waals surface area contributed by atoms with E-state index < -0.39 is 23.9 Å². The number of amides is 4. The van der Waals surface area contributed by atoms with Gasteiger partial charge >= 0.3 is 12.0 Å². The summed E-state index contributed by atoms with van der Waals surface area (Å²) in [6.45, 7) is 1.24. The first-order chi connectivity index (χ1) is 9.40. The van der Waals surface area contributed by atoms with Crippen LogP contribution in [-0.2, 0) is 14.4 Å². The zero-order valence-corrected chi connectivity index (χ0v) is 11.4. The molecular formula is C11H18N4O5. The quantitative estimate of drug-likeness (QED) is 0.555. The Labute approximate surface area is 115 Å². The van der Waals surface area contributed by atoms with Gasteiger partial charge in [0.2, 0.25) is 11.8 Å². The van der Waals surface area contributed by atoms with Crippen molar-refractivity contribution in [3.05, 3.63) is 0 Å². The number of piperazine rings is 1. The summed E-state index contributed by atoms with van der Waals surface area (Å²) in [5.74, 6) is -1.99. The number of hydrogen-bond donors (Lipinski definition) is 3. The number of likely N-dealkylation sites (N-methyl/N-ethyl adjacent to an activating group) is 2. The summed E-state index contributed by atoms with van der Waals surface area (Å²) in [4.78, 5) is 48.2. The van der Waals surface area contributed by atoms with E-state index >= 15 is 0 Å². The minimum absolute atomic E-state index is 0.141. The number of carbonyl (C=O) groups is 4. The first-order valence-corrected chi connectivity index (χ1v) is 6.16. The molecule has 1 heterocycles. The summed E-state index contributed by atoms with van der Waals surface area (Å²) in [5.41, 5.74) is 0. The van der Waals surface area contributed by atoms with Gasteiger partial charge in [0.1, 0.15) is 19.1 Å². The van der Waals surface area contributed by atoms with Gasteiger partial charge in [-0.2, -0.15) is 0 Å². The van der Waals surface area contributed by atoms with E-state index in [2.05, 4.69) is 10.6 Å². The van der Waals surface area contributed by atoms with Crippen LogP contribution in [0.4, 0.5) is 4.79 Å². The monoisotopic (exact) mass is 286 g/mol. The number of carboxylic acid groups (broad SMARTS) is 1. The van der Waals surface area contributed by atoms with Gasteiger partial charge in [0.25, 0.3) is 0 Å². The molecule has 1 aliphatic rings. The first kappa shape index (κ1) is 15.7. The summed E-state index contributed by atoms with van der Waals surface area (Å²) in [6, 6.07) is -1.77. The van der Waals surface area contributed by atoms with Gasteiger partial charge in [0.15, 0.2) is 0 Å². The average molecular weight is 286 g/mol. The van der Waals surface area contributed by atoms with Gasteiger partial charge < -0.3 is 20.6 Å². The molecule has 1 unspecified atom stereocenters. The fraction of sp³-hybridized carbons (Fsp3) is 0.636. The molecule has 1 fully saturated rings.